The molecule has 0 aliphatic rings. The molecule has 4 rings (SSSR count). The van der Waals surface area contributed by atoms with E-state index in [4.69, 9.17) is 4.74 Å². The Hall–Kier alpha value is -2.92. The van der Waals surface area contributed by atoms with Crippen molar-refractivity contribution in [3.8, 4) is 5.75 Å². The number of nitrogens with zero attached hydrogens (tertiary/aromatic N) is 1. The first-order valence-corrected chi connectivity index (χ1v) is 7.93. The fraction of sp³-hybridized carbons (Fsp3) is 0. The van der Waals surface area contributed by atoms with Gasteiger partial charge in [0.25, 0.3) is 0 Å². The highest BCUT2D eigenvalue weighted by Gasteiger charge is 2.11. The number of anilines is 1. The van der Waals surface area contributed by atoms with Crippen LogP contribution >= 0.6 is 11.3 Å². The van der Waals surface area contributed by atoms with E-state index in [0.717, 1.165) is 21.0 Å². The van der Waals surface area contributed by atoms with Crippen LogP contribution in [0.25, 0.3) is 21.0 Å². The van der Waals surface area contributed by atoms with E-state index in [9.17, 15) is 4.79 Å². The Bertz CT molecular complexity index is 996. The Kier molecular flexibility index (Phi) is 3.40. The minimum atomic E-state index is -0.542. The highest BCUT2D eigenvalue weighted by molar-refractivity contribution is 7.22. The molecular formula is C18H12N2O2S. The van der Waals surface area contributed by atoms with Crippen molar-refractivity contribution in [3.63, 3.8) is 0 Å². The third-order valence-electron chi connectivity index (χ3n) is 3.45. The predicted octanol–water partition coefficient (Wildman–Crippen LogP) is 5.06. The lowest BCUT2D eigenvalue weighted by molar-refractivity contribution is 0.215. The van der Waals surface area contributed by atoms with Crippen molar-refractivity contribution in [2.75, 3.05) is 5.32 Å². The van der Waals surface area contributed by atoms with E-state index in [0.29, 0.717) is 10.9 Å². The summed E-state index contributed by atoms with van der Waals surface area (Å²) in [4.78, 5) is 16.5. The van der Waals surface area contributed by atoms with Gasteiger partial charge in [0.2, 0.25) is 0 Å². The molecule has 1 N–H and O–H groups in total. The van der Waals surface area contributed by atoms with Gasteiger partial charge >= 0.3 is 6.09 Å². The summed E-state index contributed by atoms with van der Waals surface area (Å²) in [5.74, 6) is 0.497. The van der Waals surface area contributed by atoms with Crippen molar-refractivity contribution in [2.24, 2.45) is 0 Å². The summed E-state index contributed by atoms with van der Waals surface area (Å²) in [6.45, 7) is 0. The number of nitrogens with one attached hydrogen (secondary N) is 1. The summed E-state index contributed by atoms with van der Waals surface area (Å²) in [5.41, 5.74) is 0.892. The molecule has 0 bridgehead atoms. The molecule has 1 heterocycles. The predicted molar refractivity (Wildman–Crippen MR) is 93.2 cm³/mol. The number of hydrogen-bond donors (Lipinski definition) is 1. The Morgan fingerprint density at radius 2 is 1.74 bits per heavy atom. The van der Waals surface area contributed by atoms with Crippen molar-refractivity contribution in [1.29, 1.82) is 0 Å². The van der Waals surface area contributed by atoms with Crippen molar-refractivity contribution in [3.05, 3.63) is 66.7 Å². The van der Waals surface area contributed by atoms with Gasteiger partial charge < -0.3 is 4.74 Å². The lowest BCUT2D eigenvalue weighted by Crippen LogP contribution is -2.16. The SMILES string of the molecule is O=C(Nc1nc2c(ccc3ccccc32)s1)Oc1ccccc1. The number of carbonyl (C=O) groups excluding carboxylic acids is 1. The number of amides is 1. The van der Waals surface area contributed by atoms with Gasteiger partial charge in [-0.1, -0.05) is 59.9 Å². The Balaban J connectivity index is 1.62. The van der Waals surface area contributed by atoms with Gasteiger partial charge in [0.1, 0.15) is 5.75 Å². The minimum absolute atomic E-state index is 0.497. The van der Waals surface area contributed by atoms with Crippen molar-refractivity contribution in [2.45, 2.75) is 0 Å². The van der Waals surface area contributed by atoms with Gasteiger partial charge in [-0.3, -0.25) is 5.32 Å². The lowest BCUT2D eigenvalue weighted by Gasteiger charge is -2.03. The molecule has 23 heavy (non-hydrogen) atoms. The van der Waals surface area contributed by atoms with E-state index in [1.807, 2.05) is 48.5 Å². The lowest BCUT2D eigenvalue weighted by atomic mass is 10.1. The van der Waals surface area contributed by atoms with Crippen LogP contribution in [0.1, 0.15) is 0 Å². The first-order valence-electron chi connectivity index (χ1n) is 7.12. The highest BCUT2D eigenvalue weighted by atomic mass is 32.1. The zero-order valence-electron chi connectivity index (χ0n) is 12.0. The van der Waals surface area contributed by atoms with Gasteiger partial charge in [-0.15, -0.1) is 0 Å². The van der Waals surface area contributed by atoms with Crippen LogP contribution in [0.5, 0.6) is 5.75 Å². The maximum Gasteiger partial charge on any atom is 0.418 e. The molecule has 0 unspecified atom stereocenters. The molecule has 0 saturated carbocycles. The smallest absolute Gasteiger partial charge is 0.410 e. The van der Waals surface area contributed by atoms with E-state index < -0.39 is 6.09 Å². The molecular weight excluding hydrogens is 308 g/mol. The molecule has 0 aliphatic heterocycles. The van der Waals surface area contributed by atoms with Gasteiger partial charge in [-0.05, 0) is 23.6 Å². The summed E-state index contributed by atoms with van der Waals surface area (Å²) in [6.07, 6.45) is -0.542. The number of para-hydroxylation sites is 1. The molecule has 0 saturated heterocycles. The molecule has 0 fully saturated rings. The average molecular weight is 320 g/mol. The van der Waals surface area contributed by atoms with Gasteiger partial charge in [0, 0.05) is 5.39 Å². The fourth-order valence-corrected chi connectivity index (χ4v) is 3.29. The number of hydrogen-bond acceptors (Lipinski definition) is 4. The first kappa shape index (κ1) is 13.7. The van der Waals surface area contributed by atoms with E-state index in [-0.39, 0.29) is 0 Å². The van der Waals surface area contributed by atoms with Crippen LogP contribution in [0.4, 0.5) is 9.93 Å². The molecule has 4 nitrogen and oxygen atoms in total. The van der Waals surface area contributed by atoms with Crippen LogP contribution < -0.4 is 10.1 Å². The minimum Gasteiger partial charge on any atom is -0.410 e. The number of aromatic nitrogens is 1. The number of ether oxygens (including phenoxy) is 1. The Morgan fingerprint density at radius 1 is 0.957 bits per heavy atom. The molecule has 1 aromatic heterocycles. The molecule has 0 aliphatic carbocycles. The van der Waals surface area contributed by atoms with Crippen LogP contribution in [0.3, 0.4) is 0 Å². The second-order valence-corrected chi connectivity index (χ2v) is 6.01. The summed E-state index contributed by atoms with van der Waals surface area (Å²) in [5, 5.41) is 5.42. The zero-order valence-corrected chi connectivity index (χ0v) is 12.8. The topological polar surface area (TPSA) is 51.2 Å². The largest absolute Gasteiger partial charge is 0.418 e. The first-order chi connectivity index (χ1) is 11.3. The van der Waals surface area contributed by atoms with Gasteiger partial charge in [-0.2, -0.15) is 0 Å². The highest BCUT2D eigenvalue weighted by Crippen LogP contribution is 2.31. The van der Waals surface area contributed by atoms with E-state index in [1.165, 1.54) is 11.3 Å². The molecule has 1 amide bonds. The molecule has 0 atom stereocenters. The quantitative estimate of drug-likeness (QED) is 0.561. The second kappa shape index (κ2) is 5.70. The molecule has 0 radical (unpaired) electrons. The molecule has 112 valence electrons. The normalized spacial score (nSPS) is 10.8. The average Bonchev–Trinajstić information content (AvgIpc) is 2.98. The Labute approximate surface area is 136 Å². The zero-order chi connectivity index (χ0) is 15.6. The number of carbonyl (C=O) groups is 1. The molecule has 5 heteroatoms. The summed E-state index contributed by atoms with van der Waals surface area (Å²) in [6, 6.07) is 21.1. The van der Waals surface area contributed by atoms with E-state index >= 15 is 0 Å². The number of rotatable bonds is 2. The molecule has 0 spiro atoms. The van der Waals surface area contributed by atoms with Crippen LogP contribution in [-0.4, -0.2) is 11.1 Å². The van der Waals surface area contributed by atoms with Crippen LogP contribution in [0, 0.1) is 0 Å². The van der Waals surface area contributed by atoms with Crippen molar-refractivity contribution >= 4 is 43.6 Å². The Morgan fingerprint density at radius 3 is 2.61 bits per heavy atom. The van der Waals surface area contributed by atoms with E-state index in [1.54, 1.807) is 12.1 Å². The summed E-state index contributed by atoms with van der Waals surface area (Å²) < 4.78 is 6.24. The van der Waals surface area contributed by atoms with Crippen LogP contribution in [0.2, 0.25) is 0 Å². The second-order valence-electron chi connectivity index (χ2n) is 4.98. The monoisotopic (exact) mass is 320 g/mol. The standard InChI is InChI=1S/C18H12N2O2S/c21-18(22-13-7-2-1-3-8-13)20-17-19-16-14-9-5-4-6-12(14)10-11-15(16)23-17/h1-11H,(H,19,20,21). The maximum absolute atomic E-state index is 12.0. The third-order valence-corrected chi connectivity index (χ3v) is 4.38. The molecule has 3 aromatic carbocycles. The van der Waals surface area contributed by atoms with Crippen LogP contribution in [-0.2, 0) is 0 Å². The van der Waals surface area contributed by atoms with Crippen LogP contribution in [0.15, 0.2) is 66.7 Å². The number of fused-ring (bicyclic) bond motifs is 3. The fourth-order valence-electron chi connectivity index (χ4n) is 2.42. The van der Waals surface area contributed by atoms with Crippen molar-refractivity contribution < 1.29 is 9.53 Å². The number of benzene rings is 3. The maximum atomic E-state index is 12.0. The summed E-state index contributed by atoms with van der Waals surface area (Å²) in [7, 11) is 0. The summed E-state index contributed by atoms with van der Waals surface area (Å²) >= 11 is 1.43. The molecule has 4 aromatic rings. The van der Waals surface area contributed by atoms with Crippen molar-refractivity contribution in [1.82, 2.24) is 4.98 Å². The third kappa shape index (κ3) is 2.74. The van der Waals surface area contributed by atoms with Gasteiger partial charge in [0.15, 0.2) is 5.13 Å². The van der Waals surface area contributed by atoms with Gasteiger partial charge in [-0.25, -0.2) is 9.78 Å². The van der Waals surface area contributed by atoms with Gasteiger partial charge in [0.05, 0.1) is 10.2 Å². The van der Waals surface area contributed by atoms with E-state index in [2.05, 4.69) is 16.4 Å². The number of thiazole rings is 1.